The fourth-order valence-corrected chi connectivity index (χ4v) is 5.58. The number of benzene rings is 1. The number of rotatable bonds is 7. The molecule has 11 nitrogen and oxygen atoms in total. The zero-order valence-electron chi connectivity index (χ0n) is 27.0. The smallest absolute Gasteiger partial charge is 0.234 e. The van der Waals surface area contributed by atoms with E-state index in [-0.39, 0.29) is 5.82 Å². The van der Waals surface area contributed by atoms with Crippen molar-refractivity contribution in [1.29, 1.82) is 5.26 Å². The number of nitrogen functional groups attached to an aromatic ring is 1. The van der Waals surface area contributed by atoms with Crippen molar-refractivity contribution in [2.24, 2.45) is 0 Å². The Morgan fingerprint density at radius 3 is 2.35 bits per heavy atom. The highest BCUT2D eigenvalue weighted by molar-refractivity contribution is 5.83. The van der Waals surface area contributed by atoms with Gasteiger partial charge in [-0.2, -0.15) is 5.26 Å². The molecular weight excluding hydrogens is 576 g/mol. The van der Waals surface area contributed by atoms with Crippen LogP contribution in [0.5, 0.6) is 0 Å². The molecule has 0 unspecified atom stereocenters. The number of ether oxygens (including phenoxy) is 1. The fourth-order valence-electron chi connectivity index (χ4n) is 5.58. The number of imidazole rings is 1. The number of nitrogens with two attached hydrogens (primary N) is 1. The van der Waals surface area contributed by atoms with E-state index in [1.165, 1.54) is 5.56 Å². The van der Waals surface area contributed by atoms with Crippen LogP contribution >= 0.6 is 0 Å². The molecule has 2 saturated heterocycles. The van der Waals surface area contributed by atoms with Gasteiger partial charge in [0.2, 0.25) is 5.82 Å². The van der Waals surface area contributed by atoms with Crippen LogP contribution in [-0.4, -0.2) is 66.7 Å². The van der Waals surface area contributed by atoms with Crippen LogP contribution in [0.2, 0.25) is 0 Å². The molecule has 1 aromatic carbocycles. The number of hydrogen-bond acceptors (Lipinski definition) is 10. The van der Waals surface area contributed by atoms with Gasteiger partial charge in [-0.25, -0.2) is 24.9 Å². The first kappa shape index (κ1) is 32.5. The number of aromatic nitrogens is 6. The highest BCUT2D eigenvalue weighted by Crippen LogP contribution is 2.32. The number of hydrogen-bond donors (Lipinski definition) is 2. The van der Waals surface area contributed by atoms with E-state index in [1.54, 1.807) is 12.4 Å². The predicted octanol–water partition coefficient (Wildman–Crippen LogP) is 5.97. The van der Waals surface area contributed by atoms with Crippen LogP contribution in [0.3, 0.4) is 0 Å². The second-order valence-electron chi connectivity index (χ2n) is 10.8. The van der Waals surface area contributed by atoms with Crippen LogP contribution in [0.4, 0.5) is 11.6 Å². The molecule has 6 heterocycles. The minimum absolute atomic E-state index is 0.185. The maximum absolute atomic E-state index is 9.05. The van der Waals surface area contributed by atoms with Crippen LogP contribution < -0.4 is 11.1 Å². The van der Waals surface area contributed by atoms with E-state index in [1.807, 2.05) is 64.1 Å². The number of piperidine rings is 1. The monoisotopic (exact) mass is 618 g/mol. The molecule has 7 rings (SSSR count). The molecule has 0 amide bonds. The number of nitrogens with one attached hydrogen (secondary N) is 1. The van der Waals surface area contributed by atoms with Crippen molar-refractivity contribution in [3.63, 3.8) is 0 Å². The largest absolute Gasteiger partial charge is 0.383 e. The van der Waals surface area contributed by atoms with Gasteiger partial charge >= 0.3 is 0 Å². The molecule has 46 heavy (non-hydrogen) atoms. The second-order valence-corrected chi connectivity index (χ2v) is 10.8. The highest BCUT2D eigenvalue weighted by atomic mass is 16.5. The first-order valence-corrected chi connectivity index (χ1v) is 16.1. The van der Waals surface area contributed by atoms with E-state index in [4.69, 9.17) is 25.7 Å². The molecule has 0 bridgehead atoms. The lowest BCUT2D eigenvalue weighted by Gasteiger charge is -2.32. The topological polar surface area (TPSA) is 144 Å². The van der Waals surface area contributed by atoms with Crippen LogP contribution in [0, 0.1) is 11.3 Å². The molecule has 2 aliphatic rings. The molecule has 0 aliphatic carbocycles. The number of likely N-dealkylation sites (tertiary alicyclic amines) is 1. The second kappa shape index (κ2) is 15.4. The molecule has 0 atom stereocenters. The maximum atomic E-state index is 9.05. The van der Waals surface area contributed by atoms with Gasteiger partial charge in [0.05, 0.1) is 24.5 Å². The molecule has 3 N–H and O–H groups in total. The number of pyridine rings is 2. The molecule has 0 spiro atoms. The van der Waals surface area contributed by atoms with E-state index in [2.05, 4.69) is 54.0 Å². The molecule has 0 radical (unpaired) electrons. The summed E-state index contributed by atoms with van der Waals surface area (Å²) in [4.78, 5) is 24.9. The first-order valence-electron chi connectivity index (χ1n) is 16.1. The van der Waals surface area contributed by atoms with E-state index in [0.29, 0.717) is 36.8 Å². The molecule has 238 valence electrons. The van der Waals surface area contributed by atoms with Gasteiger partial charge in [0.25, 0.3) is 0 Å². The van der Waals surface area contributed by atoms with Gasteiger partial charge in [-0.15, -0.1) is 0 Å². The van der Waals surface area contributed by atoms with Gasteiger partial charge < -0.3 is 15.8 Å². The number of fused-ring (bicyclic) bond motifs is 1. The third-order valence-electron chi connectivity index (χ3n) is 7.96. The molecule has 5 aromatic rings. The Hall–Kier alpha value is -4.92. The van der Waals surface area contributed by atoms with Crippen LogP contribution in [0.25, 0.3) is 28.2 Å². The van der Waals surface area contributed by atoms with Crippen molar-refractivity contribution in [2.45, 2.75) is 59.0 Å². The van der Waals surface area contributed by atoms with E-state index >= 15 is 0 Å². The lowest BCUT2D eigenvalue weighted by Crippen LogP contribution is -2.38. The van der Waals surface area contributed by atoms with Crippen LogP contribution in [0.1, 0.15) is 63.5 Å². The zero-order valence-corrected chi connectivity index (χ0v) is 27.0. The summed E-state index contributed by atoms with van der Waals surface area (Å²) in [7, 11) is 0. The molecule has 2 fully saturated rings. The van der Waals surface area contributed by atoms with Crippen molar-refractivity contribution in [3.8, 4) is 23.1 Å². The SMILES string of the molecule is CC.CC.N#Cc1nccc(NC2CCN(Cc3ccc(-n4c(-c5cccnc5N)nc5ccc(C6COC6)nc54)cc3)CC2)n1. The maximum Gasteiger partial charge on any atom is 0.234 e. The fraction of sp³-hybridized carbons (Fsp3) is 0.371. The van der Waals surface area contributed by atoms with Gasteiger partial charge in [0.1, 0.15) is 23.2 Å². The summed E-state index contributed by atoms with van der Waals surface area (Å²) in [6.45, 7) is 12.2. The third kappa shape index (κ3) is 7.14. The van der Waals surface area contributed by atoms with Crippen LogP contribution in [-0.2, 0) is 11.3 Å². The summed E-state index contributed by atoms with van der Waals surface area (Å²) in [6.07, 6.45) is 5.31. The minimum Gasteiger partial charge on any atom is -0.383 e. The summed E-state index contributed by atoms with van der Waals surface area (Å²) < 4.78 is 7.49. The van der Waals surface area contributed by atoms with Crippen molar-refractivity contribution >= 4 is 22.8 Å². The molecular formula is C35H42N10O. The summed E-state index contributed by atoms with van der Waals surface area (Å²) >= 11 is 0. The van der Waals surface area contributed by atoms with Gasteiger partial charge in [-0.1, -0.05) is 39.8 Å². The third-order valence-corrected chi connectivity index (χ3v) is 7.96. The predicted molar refractivity (Wildman–Crippen MR) is 181 cm³/mol. The summed E-state index contributed by atoms with van der Waals surface area (Å²) in [5.41, 5.74) is 11.9. The summed E-state index contributed by atoms with van der Waals surface area (Å²) in [6, 6.07) is 20.6. The normalized spacial score (nSPS) is 15.1. The van der Waals surface area contributed by atoms with Crippen molar-refractivity contribution in [3.05, 3.63) is 84.1 Å². The lowest BCUT2D eigenvalue weighted by molar-refractivity contribution is 0.00682. The van der Waals surface area contributed by atoms with E-state index in [0.717, 1.165) is 66.4 Å². The Bertz CT molecular complexity index is 1770. The average Bonchev–Trinajstić information content (AvgIpc) is 3.46. The Morgan fingerprint density at radius 2 is 1.67 bits per heavy atom. The summed E-state index contributed by atoms with van der Waals surface area (Å²) in [5.74, 6) is 2.35. The molecule has 11 heteroatoms. The standard InChI is InChI=1S/C31H30N10O.2C2H6/c32-16-28-34-13-9-27(39-28)36-22-10-14-40(15-11-22)17-20-3-5-23(6-4-20)41-30(24-2-1-12-35-29(24)33)38-26-8-7-25(37-31(26)41)21-18-42-19-21;2*1-2/h1-9,12-13,21-22H,10-11,14-15,17-19H2,(H2,33,35)(H,34,36,39);2*1-2H3. The Balaban J connectivity index is 0.00000100. The van der Waals surface area contributed by atoms with Gasteiger partial charge in [0.15, 0.2) is 11.5 Å². The highest BCUT2D eigenvalue weighted by Gasteiger charge is 2.25. The van der Waals surface area contributed by atoms with Crippen molar-refractivity contribution < 1.29 is 4.74 Å². The van der Waals surface area contributed by atoms with Gasteiger partial charge in [-0.05, 0) is 60.9 Å². The van der Waals surface area contributed by atoms with Crippen molar-refractivity contribution in [1.82, 2.24) is 34.4 Å². The van der Waals surface area contributed by atoms with E-state index < -0.39 is 0 Å². The first-order chi connectivity index (χ1) is 22.6. The Morgan fingerprint density at radius 1 is 0.913 bits per heavy atom. The molecule has 4 aromatic heterocycles. The number of anilines is 2. The van der Waals surface area contributed by atoms with E-state index in [9.17, 15) is 0 Å². The molecule has 0 saturated carbocycles. The van der Waals surface area contributed by atoms with Crippen molar-refractivity contribution in [2.75, 3.05) is 37.4 Å². The van der Waals surface area contributed by atoms with Gasteiger partial charge in [0, 0.05) is 49.7 Å². The Kier molecular flexibility index (Phi) is 10.9. The molecule has 2 aliphatic heterocycles. The average molecular weight is 619 g/mol. The zero-order chi connectivity index (χ0) is 32.5. The minimum atomic E-state index is 0.185. The quantitative estimate of drug-likeness (QED) is 0.224. The lowest BCUT2D eigenvalue weighted by atomic mass is 10.0. The Labute approximate surface area is 270 Å². The van der Waals surface area contributed by atoms with Crippen LogP contribution in [0.15, 0.2) is 67.0 Å². The van der Waals surface area contributed by atoms with Gasteiger partial charge in [-0.3, -0.25) is 9.47 Å². The number of nitrogens with zero attached hydrogens (tertiary/aromatic N) is 8. The summed E-state index contributed by atoms with van der Waals surface area (Å²) in [5, 5.41) is 12.5. The number of nitriles is 1.